The van der Waals surface area contributed by atoms with Crippen molar-refractivity contribution in [3.05, 3.63) is 35.9 Å². The normalized spacial score (nSPS) is 12.2. The van der Waals surface area contributed by atoms with Gasteiger partial charge in [-0.1, -0.05) is 19.9 Å². The maximum absolute atomic E-state index is 12.8. The molecule has 1 heterocycles. The Bertz CT molecular complexity index is 316. The van der Waals surface area contributed by atoms with Crippen LogP contribution in [0.4, 0.5) is 4.39 Å². The zero-order valence-corrected chi connectivity index (χ0v) is 8.21. The molecule has 1 aromatic heterocycles. The van der Waals surface area contributed by atoms with Crippen molar-refractivity contribution in [2.45, 2.75) is 20.8 Å². The molecule has 0 saturated carbocycles. The lowest BCUT2D eigenvalue weighted by molar-refractivity contribution is 0.620. The molecule has 13 heavy (non-hydrogen) atoms. The summed E-state index contributed by atoms with van der Waals surface area (Å²) in [5.41, 5.74) is 1.93. The number of allylic oxidation sites excluding steroid dienone is 2. The van der Waals surface area contributed by atoms with Crippen molar-refractivity contribution in [3.63, 3.8) is 0 Å². The molecule has 0 atom stereocenters. The largest absolute Gasteiger partial charge is 0.261 e. The summed E-state index contributed by atoms with van der Waals surface area (Å²) in [7, 11) is 0. The topological polar surface area (TPSA) is 12.9 Å². The van der Waals surface area contributed by atoms with Crippen LogP contribution in [0.25, 0.3) is 5.57 Å². The van der Waals surface area contributed by atoms with E-state index < -0.39 is 0 Å². The molecule has 0 aromatic carbocycles. The molecule has 2 heteroatoms. The molecule has 1 nitrogen and oxygen atoms in total. The molecule has 70 valence electrons. The zero-order chi connectivity index (χ0) is 9.84. The fourth-order valence-electron chi connectivity index (χ4n) is 1.22. The zero-order valence-electron chi connectivity index (χ0n) is 8.21. The molecule has 0 radical (unpaired) electrons. The number of hydrogen-bond acceptors (Lipinski definition) is 1. The molecule has 0 spiro atoms. The van der Waals surface area contributed by atoms with Crippen LogP contribution < -0.4 is 0 Å². The van der Waals surface area contributed by atoms with Crippen molar-refractivity contribution in [2.24, 2.45) is 5.92 Å². The highest BCUT2D eigenvalue weighted by atomic mass is 19.1. The number of hydrogen-bond donors (Lipinski definition) is 0. The van der Waals surface area contributed by atoms with Crippen LogP contribution >= 0.6 is 0 Å². The van der Waals surface area contributed by atoms with Crippen LogP contribution in [0.1, 0.15) is 26.3 Å². The van der Waals surface area contributed by atoms with Gasteiger partial charge in [-0.3, -0.25) is 4.98 Å². The van der Waals surface area contributed by atoms with E-state index in [1.807, 2.05) is 6.92 Å². The molecule has 1 rings (SSSR count). The Kier molecular flexibility index (Phi) is 3.18. The molecule has 1 aromatic rings. The Morgan fingerprint density at radius 3 is 2.69 bits per heavy atom. The third-order valence-electron chi connectivity index (χ3n) is 1.74. The van der Waals surface area contributed by atoms with E-state index in [-0.39, 0.29) is 5.82 Å². The van der Waals surface area contributed by atoms with Gasteiger partial charge in [0.1, 0.15) is 5.82 Å². The van der Waals surface area contributed by atoms with Gasteiger partial charge in [-0.2, -0.15) is 0 Å². The molecule has 0 saturated heterocycles. The van der Waals surface area contributed by atoms with E-state index >= 15 is 0 Å². The van der Waals surface area contributed by atoms with E-state index in [9.17, 15) is 4.39 Å². The van der Waals surface area contributed by atoms with Crippen LogP contribution in [-0.4, -0.2) is 4.98 Å². The lowest BCUT2D eigenvalue weighted by Gasteiger charge is -2.02. The molecular weight excluding hydrogens is 165 g/mol. The molecule has 0 bridgehead atoms. The first-order chi connectivity index (χ1) is 6.09. The van der Waals surface area contributed by atoms with Crippen molar-refractivity contribution in [1.82, 2.24) is 4.98 Å². The van der Waals surface area contributed by atoms with Crippen LogP contribution in [0.2, 0.25) is 0 Å². The van der Waals surface area contributed by atoms with Crippen molar-refractivity contribution < 1.29 is 4.39 Å². The van der Waals surface area contributed by atoms with E-state index in [2.05, 4.69) is 24.9 Å². The SMILES string of the molecule is C/C(=C\C(C)C)c1cncc(F)c1. The smallest absolute Gasteiger partial charge is 0.142 e. The molecule has 0 aliphatic heterocycles. The highest BCUT2D eigenvalue weighted by Gasteiger charge is 1.98. The summed E-state index contributed by atoms with van der Waals surface area (Å²) < 4.78 is 12.8. The van der Waals surface area contributed by atoms with Crippen LogP contribution in [0.3, 0.4) is 0 Å². The first kappa shape index (κ1) is 9.90. The standard InChI is InChI=1S/C11H14FN/c1-8(2)4-9(3)10-5-11(12)7-13-6-10/h4-8H,1-3H3/b9-4+. The van der Waals surface area contributed by atoms with Crippen LogP contribution in [0.5, 0.6) is 0 Å². The van der Waals surface area contributed by atoms with Crippen molar-refractivity contribution in [3.8, 4) is 0 Å². The van der Waals surface area contributed by atoms with Crippen LogP contribution in [-0.2, 0) is 0 Å². The maximum Gasteiger partial charge on any atom is 0.142 e. The minimum Gasteiger partial charge on any atom is -0.261 e. The molecule has 0 unspecified atom stereocenters. The summed E-state index contributed by atoms with van der Waals surface area (Å²) in [5.74, 6) is 0.192. The fourth-order valence-corrected chi connectivity index (χ4v) is 1.22. The van der Waals surface area contributed by atoms with E-state index in [0.717, 1.165) is 11.1 Å². The Balaban J connectivity index is 2.95. The van der Waals surface area contributed by atoms with Crippen LogP contribution in [0.15, 0.2) is 24.5 Å². The summed E-state index contributed by atoms with van der Waals surface area (Å²) in [4.78, 5) is 3.80. The molecule has 0 amide bonds. The first-order valence-corrected chi connectivity index (χ1v) is 4.39. The molecule has 0 N–H and O–H groups in total. The van der Waals surface area contributed by atoms with Gasteiger partial charge in [-0.15, -0.1) is 0 Å². The summed E-state index contributed by atoms with van der Waals surface area (Å²) in [6.07, 6.45) is 4.99. The van der Waals surface area contributed by atoms with Gasteiger partial charge < -0.3 is 0 Å². The quantitative estimate of drug-likeness (QED) is 0.679. The molecule has 0 fully saturated rings. The highest BCUT2D eigenvalue weighted by molar-refractivity contribution is 5.62. The number of halogens is 1. The van der Waals surface area contributed by atoms with Gasteiger partial charge in [-0.25, -0.2) is 4.39 Å². The maximum atomic E-state index is 12.8. The van der Waals surface area contributed by atoms with E-state index in [4.69, 9.17) is 0 Å². The van der Waals surface area contributed by atoms with Gasteiger partial charge in [0.2, 0.25) is 0 Å². The average Bonchev–Trinajstić information content (AvgIpc) is 2.03. The second kappa shape index (κ2) is 4.17. The van der Waals surface area contributed by atoms with Crippen molar-refractivity contribution in [2.75, 3.05) is 0 Å². The van der Waals surface area contributed by atoms with E-state index in [1.165, 1.54) is 12.3 Å². The second-order valence-corrected chi connectivity index (χ2v) is 3.49. The molecule has 0 aliphatic carbocycles. The minimum absolute atomic E-state index is 0.283. The lowest BCUT2D eigenvalue weighted by Crippen LogP contribution is -1.87. The summed E-state index contributed by atoms with van der Waals surface area (Å²) in [5, 5.41) is 0. The van der Waals surface area contributed by atoms with E-state index in [1.54, 1.807) is 6.20 Å². The van der Waals surface area contributed by atoms with Gasteiger partial charge in [0.25, 0.3) is 0 Å². The molecular formula is C11H14FN. The van der Waals surface area contributed by atoms with E-state index in [0.29, 0.717) is 5.92 Å². The van der Waals surface area contributed by atoms with Gasteiger partial charge in [-0.05, 0) is 30.0 Å². The number of pyridine rings is 1. The van der Waals surface area contributed by atoms with Gasteiger partial charge in [0, 0.05) is 6.20 Å². The number of aromatic nitrogens is 1. The Morgan fingerprint density at radius 2 is 2.15 bits per heavy atom. The average molecular weight is 179 g/mol. The Hall–Kier alpha value is -1.18. The third-order valence-corrected chi connectivity index (χ3v) is 1.74. The predicted molar refractivity (Wildman–Crippen MR) is 52.7 cm³/mol. The van der Waals surface area contributed by atoms with Gasteiger partial charge in [0.15, 0.2) is 0 Å². The Labute approximate surface area is 78.3 Å². The molecule has 0 aliphatic rings. The fraction of sp³-hybridized carbons (Fsp3) is 0.364. The Morgan fingerprint density at radius 1 is 1.46 bits per heavy atom. The summed E-state index contributed by atoms with van der Waals surface area (Å²) in [6, 6.07) is 1.50. The minimum atomic E-state index is -0.283. The monoisotopic (exact) mass is 179 g/mol. The number of rotatable bonds is 2. The van der Waals surface area contributed by atoms with Crippen LogP contribution in [0, 0.1) is 11.7 Å². The number of nitrogens with zero attached hydrogens (tertiary/aromatic N) is 1. The predicted octanol–water partition coefficient (Wildman–Crippen LogP) is 3.28. The van der Waals surface area contributed by atoms with Gasteiger partial charge in [0.05, 0.1) is 6.20 Å². The lowest BCUT2D eigenvalue weighted by atomic mass is 10.1. The third kappa shape index (κ3) is 2.98. The first-order valence-electron chi connectivity index (χ1n) is 4.39. The summed E-state index contributed by atoms with van der Waals surface area (Å²) in [6.45, 7) is 6.16. The van der Waals surface area contributed by atoms with Gasteiger partial charge >= 0.3 is 0 Å². The second-order valence-electron chi connectivity index (χ2n) is 3.49. The summed E-state index contributed by atoms with van der Waals surface area (Å²) >= 11 is 0. The van der Waals surface area contributed by atoms with Crippen molar-refractivity contribution >= 4 is 5.57 Å². The highest BCUT2D eigenvalue weighted by Crippen LogP contribution is 2.15. The van der Waals surface area contributed by atoms with Crippen molar-refractivity contribution in [1.29, 1.82) is 0 Å².